The third-order valence-electron chi connectivity index (χ3n) is 3.20. The van der Waals surface area contributed by atoms with Gasteiger partial charge >= 0.3 is 0 Å². The van der Waals surface area contributed by atoms with E-state index >= 15 is 0 Å². The van der Waals surface area contributed by atoms with Gasteiger partial charge in [-0.05, 0) is 29.7 Å². The summed E-state index contributed by atoms with van der Waals surface area (Å²) in [4.78, 5) is 1.36. The third kappa shape index (κ3) is 5.51. The van der Waals surface area contributed by atoms with Crippen molar-refractivity contribution in [2.75, 3.05) is 5.88 Å². The highest BCUT2D eigenvalue weighted by Crippen LogP contribution is 2.30. The summed E-state index contributed by atoms with van der Waals surface area (Å²) >= 11 is 7.61. The first-order valence-corrected chi connectivity index (χ1v) is 10.3. The Balaban J connectivity index is 2.00. The van der Waals surface area contributed by atoms with Crippen molar-refractivity contribution >= 4 is 33.1 Å². The van der Waals surface area contributed by atoms with Gasteiger partial charge in [0.15, 0.2) is 9.76 Å². The summed E-state index contributed by atoms with van der Waals surface area (Å²) in [5.74, 6) is 1.72. The summed E-state index contributed by atoms with van der Waals surface area (Å²) in [7, 11) is -0.467. The van der Waals surface area contributed by atoms with Gasteiger partial charge in [0.05, 0.1) is 6.61 Å². The maximum Gasteiger partial charge on any atom is 0.163 e. The van der Waals surface area contributed by atoms with Gasteiger partial charge in [0.25, 0.3) is 0 Å². The number of aryl methyl sites for hydroxylation is 1. The van der Waals surface area contributed by atoms with Gasteiger partial charge in [0.2, 0.25) is 0 Å². The van der Waals surface area contributed by atoms with E-state index in [0.29, 0.717) is 0 Å². The molecular weight excluding hydrogens is 316 g/mol. The summed E-state index contributed by atoms with van der Waals surface area (Å²) in [5, 5.41) is 0. The minimum absolute atomic E-state index is 0.467. The average molecular weight is 337 g/mol. The van der Waals surface area contributed by atoms with Crippen molar-refractivity contribution < 1.29 is 4.43 Å². The van der Waals surface area contributed by atoms with Gasteiger partial charge in [0, 0.05) is 16.5 Å². The molecule has 0 bridgehead atoms. The van der Waals surface area contributed by atoms with Crippen LogP contribution >= 0.6 is 23.4 Å². The second kappa shape index (κ2) is 9.31. The predicted octanol–water partition coefficient (Wildman–Crippen LogP) is 4.54. The molecule has 2 aromatic carbocycles. The van der Waals surface area contributed by atoms with E-state index in [1.807, 2.05) is 11.8 Å². The van der Waals surface area contributed by atoms with Crippen LogP contribution in [0.15, 0.2) is 53.4 Å². The molecule has 0 spiro atoms. The minimum Gasteiger partial charge on any atom is -0.420 e. The molecule has 4 heteroatoms. The Labute approximate surface area is 139 Å². The molecule has 0 aliphatic carbocycles. The lowest BCUT2D eigenvalue weighted by Gasteiger charge is -2.13. The molecule has 0 saturated carbocycles. The molecule has 2 rings (SSSR count). The predicted molar refractivity (Wildman–Crippen MR) is 96.0 cm³/mol. The van der Waals surface area contributed by atoms with E-state index in [-0.39, 0.29) is 0 Å². The average Bonchev–Trinajstić information content (AvgIpc) is 2.52. The first-order chi connectivity index (χ1) is 10.3. The van der Waals surface area contributed by atoms with E-state index in [9.17, 15) is 0 Å². The van der Waals surface area contributed by atoms with Crippen LogP contribution in [0.3, 0.4) is 0 Å². The number of alkyl halides is 1. The fraction of sp³-hybridized carbons (Fsp3) is 0.294. The van der Waals surface area contributed by atoms with Gasteiger partial charge < -0.3 is 4.43 Å². The van der Waals surface area contributed by atoms with Crippen molar-refractivity contribution in [3.05, 3.63) is 65.2 Å². The van der Waals surface area contributed by atoms with Crippen LogP contribution in [-0.2, 0) is 16.8 Å². The number of halogens is 1. The first-order valence-electron chi connectivity index (χ1n) is 7.20. The van der Waals surface area contributed by atoms with Crippen molar-refractivity contribution in [3.8, 4) is 0 Å². The van der Waals surface area contributed by atoms with Crippen LogP contribution in [0.5, 0.6) is 0 Å². The molecule has 0 aromatic heterocycles. The van der Waals surface area contributed by atoms with E-state index in [1.54, 1.807) is 0 Å². The Kier molecular flexibility index (Phi) is 7.37. The Morgan fingerprint density at radius 1 is 1.10 bits per heavy atom. The fourth-order valence-corrected chi connectivity index (χ4v) is 4.22. The van der Waals surface area contributed by atoms with Crippen molar-refractivity contribution in [1.82, 2.24) is 0 Å². The van der Waals surface area contributed by atoms with Crippen LogP contribution in [0.1, 0.15) is 16.7 Å². The number of rotatable bonds is 8. The van der Waals surface area contributed by atoms with Crippen molar-refractivity contribution in [2.24, 2.45) is 0 Å². The zero-order chi connectivity index (χ0) is 14.9. The largest absolute Gasteiger partial charge is 0.420 e. The van der Waals surface area contributed by atoms with Gasteiger partial charge in [-0.2, -0.15) is 0 Å². The molecule has 0 aliphatic heterocycles. The normalized spacial score (nSPS) is 11.3. The highest BCUT2D eigenvalue weighted by atomic mass is 35.5. The van der Waals surface area contributed by atoms with Crippen LogP contribution in [0, 0.1) is 6.92 Å². The molecule has 0 radical (unpaired) electrons. The van der Waals surface area contributed by atoms with E-state index < -0.39 is 9.76 Å². The highest BCUT2D eigenvalue weighted by Gasteiger charge is 2.07. The second-order valence-corrected chi connectivity index (χ2v) is 7.82. The van der Waals surface area contributed by atoms with Crippen LogP contribution in [0.4, 0.5) is 0 Å². The summed E-state index contributed by atoms with van der Waals surface area (Å²) in [5.41, 5.74) is 3.99. The Morgan fingerprint density at radius 3 is 2.67 bits per heavy atom. The first kappa shape index (κ1) is 16.6. The zero-order valence-electron chi connectivity index (χ0n) is 12.3. The van der Waals surface area contributed by atoms with Gasteiger partial charge in [-0.25, -0.2) is 0 Å². The Bertz CT molecular complexity index is 548. The highest BCUT2D eigenvalue weighted by molar-refractivity contribution is 7.98. The molecule has 0 amide bonds. The second-order valence-electron chi connectivity index (χ2n) is 4.93. The standard InChI is InChI=1S/C17H21ClOSSi/c1-14-6-5-9-16(12-19-21-11-10-18)17(14)20-13-15-7-3-2-4-8-15/h2-9H,10-13,21H2,1H3. The lowest BCUT2D eigenvalue weighted by molar-refractivity contribution is 0.321. The number of benzene rings is 2. The summed E-state index contributed by atoms with van der Waals surface area (Å²) in [6.07, 6.45) is 0. The topological polar surface area (TPSA) is 9.23 Å². The quantitative estimate of drug-likeness (QED) is 0.303. The maximum absolute atomic E-state index is 5.85. The summed E-state index contributed by atoms with van der Waals surface area (Å²) in [6, 6.07) is 18.1. The fourth-order valence-electron chi connectivity index (χ4n) is 2.10. The summed E-state index contributed by atoms with van der Waals surface area (Å²) in [6.45, 7) is 2.90. The van der Waals surface area contributed by atoms with Crippen molar-refractivity contribution in [3.63, 3.8) is 0 Å². The molecule has 0 fully saturated rings. The number of hydrogen-bond acceptors (Lipinski definition) is 2. The van der Waals surface area contributed by atoms with Crippen molar-refractivity contribution in [2.45, 2.75) is 30.2 Å². The molecular formula is C17H21ClOSSi. The lowest BCUT2D eigenvalue weighted by Crippen LogP contribution is -2.01. The minimum atomic E-state index is -0.467. The Morgan fingerprint density at radius 2 is 1.90 bits per heavy atom. The smallest absolute Gasteiger partial charge is 0.163 e. The zero-order valence-corrected chi connectivity index (χ0v) is 15.3. The van der Waals surface area contributed by atoms with E-state index in [1.165, 1.54) is 21.6 Å². The molecule has 0 unspecified atom stereocenters. The van der Waals surface area contributed by atoms with Crippen LogP contribution in [0.25, 0.3) is 0 Å². The van der Waals surface area contributed by atoms with E-state index in [0.717, 1.165) is 24.3 Å². The molecule has 0 atom stereocenters. The van der Waals surface area contributed by atoms with E-state index in [4.69, 9.17) is 16.0 Å². The van der Waals surface area contributed by atoms with Crippen LogP contribution in [0.2, 0.25) is 6.04 Å². The van der Waals surface area contributed by atoms with Gasteiger partial charge in [-0.15, -0.1) is 23.4 Å². The van der Waals surface area contributed by atoms with Gasteiger partial charge in [-0.3, -0.25) is 0 Å². The molecule has 2 aromatic rings. The lowest BCUT2D eigenvalue weighted by atomic mass is 10.1. The molecule has 0 saturated heterocycles. The van der Waals surface area contributed by atoms with Crippen molar-refractivity contribution in [1.29, 1.82) is 0 Å². The molecule has 1 nitrogen and oxygen atoms in total. The van der Waals surface area contributed by atoms with Gasteiger partial charge in [0.1, 0.15) is 0 Å². The molecule has 0 heterocycles. The van der Waals surface area contributed by atoms with Crippen LogP contribution in [-0.4, -0.2) is 15.6 Å². The monoisotopic (exact) mass is 336 g/mol. The number of thioether (sulfide) groups is 1. The van der Waals surface area contributed by atoms with Gasteiger partial charge in [-0.1, -0.05) is 48.5 Å². The maximum atomic E-state index is 5.85. The Hall–Kier alpha value is -0.743. The molecule has 0 N–H and O–H groups in total. The molecule has 21 heavy (non-hydrogen) atoms. The summed E-state index contributed by atoms with van der Waals surface area (Å²) < 4.78 is 5.85. The van der Waals surface area contributed by atoms with Crippen LogP contribution < -0.4 is 0 Å². The third-order valence-corrected chi connectivity index (χ3v) is 6.40. The molecule has 0 aliphatic rings. The SMILES string of the molecule is Cc1cccc(CO[SiH2]CCCl)c1SCc1ccccc1. The molecule has 112 valence electrons. The number of hydrogen-bond donors (Lipinski definition) is 0. The van der Waals surface area contributed by atoms with E-state index in [2.05, 4.69) is 55.5 Å².